The zero-order valence-corrected chi connectivity index (χ0v) is 22.9. The van der Waals surface area contributed by atoms with E-state index in [-0.39, 0.29) is 23.4 Å². The number of benzene rings is 2. The Labute approximate surface area is 232 Å². The fraction of sp³-hybridized carbons (Fsp3) is 0.517. The highest BCUT2D eigenvalue weighted by Gasteiger charge is 2.38. The van der Waals surface area contributed by atoms with Gasteiger partial charge in [-0.3, -0.25) is 9.69 Å². The summed E-state index contributed by atoms with van der Waals surface area (Å²) < 4.78 is 21.2. The van der Waals surface area contributed by atoms with Crippen LogP contribution in [0.1, 0.15) is 78.9 Å². The maximum absolute atomic E-state index is 15.0. The number of halogens is 3. The topological polar surface area (TPSA) is 78.9 Å². The van der Waals surface area contributed by atoms with Gasteiger partial charge in [0.1, 0.15) is 17.6 Å². The molecule has 2 atom stereocenters. The number of piperidine rings is 1. The van der Waals surface area contributed by atoms with Crippen LogP contribution in [0.5, 0.6) is 5.75 Å². The van der Waals surface area contributed by atoms with Crippen LogP contribution in [0.3, 0.4) is 0 Å². The van der Waals surface area contributed by atoms with Gasteiger partial charge in [0, 0.05) is 22.2 Å². The molecule has 6 nitrogen and oxygen atoms in total. The van der Waals surface area contributed by atoms with Crippen LogP contribution < -0.4 is 10.1 Å². The molecule has 1 amide bonds. The molecule has 2 aromatic rings. The first kappa shape index (κ1) is 27.2. The van der Waals surface area contributed by atoms with Crippen molar-refractivity contribution in [1.82, 2.24) is 10.2 Å². The first-order valence-corrected chi connectivity index (χ1v) is 14.1. The van der Waals surface area contributed by atoms with Crippen LogP contribution in [-0.4, -0.2) is 47.6 Å². The minimum atomic E-state index is -1.08. The second-order valence-corrected chi connectivity index (χ2v) is 11.8. The summed E-state index contributed by atoms with van der Waals surface area (Å²) in [6.45, 7) is 4.46. The molecule has 2 N–H and O–H groups in total. The van der Waals surface area contributed by atoms with Crippen molar-refractivity contribution in [2.75, 3.05) is 19.7 Å². The zero-order chi connectivity index (χ0) is 27.0. The van der Waals surface area contributed by atoms with E-state index in [1.54, 1.807) is 12.1 Å². The maximum atomic E-state index is 15.0. The van der Waals surface area contributed by atoms with Gasteiger partial charge in [-0.2, -0.15) is 0 Å². The monoisotopic (exact) mass is 562 g/mol. The van der Waals surface area contributed by atoms with Crippen LogP contribution in [-0.2, 0) is 4.79 Å². The first-order chi connectivity index (χ1) is 18.2. The number of carbonyl (C=O) groups excluding carboxylic acids is 1. The van der Waals surface area contributed by atoms with E-state index in [4.69, 9.17) is 27.9 Å². The normalized spacial score (nSPS) is 20.1. The Balaban J connectivity index is 1.20. The number of ether oxygens (including phenoxy) is 1. The lowest BCUT2D eigenvalue weighted by molar-refractivity contribution is -0.139. The Bertz CT molecular complexity index is 1190. The third-order valence-electron chi connectivity index (χ3n) is 8.05. The summed E-state index contributed by atoms with van der Waals surface area (Å²) in [5.41, 5.74) is 1.81. The Kier molecular flexibility index (Phi) is 8.17. The van der Waals surface area contributed by atoms with E-state index in [0.717, 1.165) is 62.7 Å². The molecule has 38 heavy (non-hydrogen) atoms. The maximum Gasteiger partial charge on any atom is 0.326 e. The molecule has 1 heterocycles. The number of carbonyl (C=O) groups is 2. The molecule has 2 saturated carbocycles. The number of aliphatic carboxylic acids is 1. The van der Waals surface area contributed by atoms with Crippen molar-refractivity contribution in [3.8, 4) is 5.75 Å². The molecular weight excluding hydrogens is 530 g/mol. The van der Waals surface area contributed by atoms with Crippen LogP contribution >= 0.6 is 23.2 Å². The predicted molar refractivity (Wildman–Crippen MR) is 145 cm³/mol. The summed E-state index contributed by atoms with van der Waals surface area (Å²) in [4.78, 5) is 26.7. The highest BCUT2D eigenvalue weighted by Crippen LogP contribution is 2.45. The molecule has 2 aliphatic carbocycles. The van der Waals surface area contributed by atoms with Gasteiger partial charge >= 0.3 is 5.97 Å². The number of hydrogen-bond acceptors (Lipinski definition) is 4. The van der Waals surface area contributed by atoms with Gasteiger partial charge < -0.3 is 15.2 Å². The van der Waals surface area contributed by atoms with Gasteiger partial charge in [0.2, 0.25) is 0 Å². The summed E-state index contributed by atoms with van der Waals surface area (Å²) in [5, 5.41) is 13.2. The van der Waals surface area contributed by atoms with Crippen LogP contribution in [0.15, 0.2) is 30.3 Å². The standard InChI is InChI=1S/C29H33Cl2FN2O4/c1-16(20-10-21(30)12-22(31)11-20)34-8-6-17(7-9-34)15-38-26-14-25(32)24(13-23(26)18-2-3-18)28(35)33-27(29(36)37)19-4-5-19/h10-14,16-19,27H,2-9,15H2,1H3,(H,33,35)(H,36,37)/t16-,27+/m1/s1. The number of carboxylic acid groups (broad SMARTS) is 1. The van der Waals surface area contributed by atoms with Crippen molar-refractivity contribution >= 4 is 35.1 Å². The average Bonchev–Trinajstić information content (AvgIpc) is 3.79. The number of nitrogens with zero attached hydrogens (tertiary/aromatic N) is 1. The molecule has 0 aromatic heterocycles. The zero-order valence-electron chi connectivity index (χ0n) is 21.4. The molecule has 3 fully saturated rings. The first-order valence-electron chi connectivity index (χ1n) is 13.4. The van der Waals surface area contributed by atoms with E-state index in [1.807, 2.05) is 12.1 Å². The molecule has 2 aromatic carbocycles. The van der Waals surface area contributed by atoms with Gasteiger partial charge in [0.25, 0.3) is 5.91 Å². The summed E-state index contributed by atoms with van der Waals surface area (Å²) in [5.74, 6) is -1.47. The molecule has 1 aliphatic heterocycles. The van der Waals surface area contributed by atoms with Crippen molar-refractivity contribution in [3.05, 3.63) is 62.9 Å². The Morgan fingerprint density at radius 2 is 1.71 bits per heavy atom. The Morgan fingerprint density at radius 3 is 2.29 bits per heavy atom. The second-order valence-electron chi connectivity index (χ2n) is 10.9. The van der Waals surface area contributed by atoms with Gasteiger partial charge in [-0.05, 0) is 112 Å². The van der Waals surface area contributed by atoms with Crippen LogP contribution in [0, 0.1) is 17.7 Å². The lowest BCUT2D eigenvalue weighted by Crippen LogP contribution is -2.42. The summed E-state index contributed by atoms with van der Waals surface area (Å²) >= 11 is 12.4. The predicted octanol–water partition coefficient (Wildman–Crippen LogP) is 6.45. The molecule has 0 unspecified atom stereocenters. The smallest absolute Gasteiger partial charge is 0.326 e. The minimum absolute atomic E-state index is 0.0808. The largest absolute Gasteiger partial charge is 0.493 e. The SMILES string of the molecule is C[C@H](c1cc(Cl)cc(Cl)c1)N1CCC(COc2cc(F)c(C(=O)N[C@H](C(=O)O)C3CC3)cc2C2CC2)CC1. The van der Waals surface area contributed by atoms with Crippen molar-refractivity contribution in [2.45, 2.75) is 63.5 Å². The number of rotatable bonds is 10. The Hall–Kier alpha value is -2.35. The van der Waals surface area contributed by atoms with E-state index in [2.05, 4.69) is 17.1 Å². The van der Waals surface area contributed by atoms with Crippen molar-refractivity contribution in [2.24, 2.45) is 11.8 Å². The molecule has 3 aliphatic rings. The highest BCUT2D eigenvalue weighted by molar-refractivity contribution is 6.34. The van der Waals surface area contributed by atoms with Crippen LogP contribution in [0.4, 0.5) is 4.39 Å². The van der Waals surface area contributed by atoms with Crippen molar-refractivity contribution < 1.29 is 23.8 Å². The average molecular weight is 563 g/mol. The van der Waals surface area contributed by atoms with Crippen LogP contribution in [0.2, 0.25) is 10.0 Å². The molecule has 9 heteroatoms. The lowest BCUT2D eigenvalue weighted by Gasteiger charge is -2.36. The molecule has 204 valence electrons. The van der Waals surface area contributed by atoms with Gasteiger partial charge in [-0.25, -0.2) is 9.18 Å². The van der Waals surface area contributed by atoms with E-state index < -0.39 is 23.7 Å². The fourth-order valence-corrected chi connectivity index (χ4v) is 5.90. The summed E-state index contributed by atoms with van der Waals surface area (Å²) in [6, 6.07) is 7.73. The number of nitrogens with one attached hydrogen (secondary N) is 1. The van der Waals surface area contributed by atoms with Gasteiger partial charge in [0.05, 0.1) is 12.2 Å². The molecule has 5 rings (SSSR count). The minimum Gasteiger partial charge on any atom is -0.493 e. The molecule has 0 bridgehead atoms. The number of amides is 1. The summed E-state index contributed by atoms with van der Waals surface area (Å²) in [7, 11) is 0. The van der Waals surface area contributed by atoms with Gasteiger partial charge in [-0.1, -0.05) is 23.2 Å². The van der Waals surface area contributed by atoms with Gasteiger partial charge in [-0.15, -0.1) is 0 Å². The van der Waals surface area contributed by atoms with E-state index in [0.29, 0.717) is 28.3 Å². The second kappa shape index (κ2) is 11.4. The number of carboxylic acids is 1. The highest BCUT2D eigenvalue weighted by atomic mass is 35.5. The van der Waals surface area contributed by atoms with Crippen molar-refractivity contribution in [1.29, 1.82) is 0 Å². The Morgan fingerprint density at radius 1 is 1.05 bits per heavy atom. The third-order valence-corrected chi connectivity index (χ3v) is 8.48. The molecule has 0 spiro atoms. The lowest BCUT2D eigenvalue weighted by atomic mass is 9.95. The van der Waals surface area contributed by atoms with Crippen molar-refractivity contribution in [3.63, 3.8) is 0 Å². The van der Waals surface area contributed by atoms with Gasteiger partial charge in [0.15, 0.2) is 0 Å². The summed E-state index contributed by atoms with van der Waals surface area (Å²) in [6.07, 6.45) is 5.36. The quantitative estimate of drug-likeness (QED) is 0.347. The third kappa shape index (κ3) is 6.44. The van der Waals surface area contributed by atoms with Crippen LogP contribution in [0.25, 0.3) is 0 Å². The van der Waals surface area contributed by atoms with E-state index in [1.165, 1.54) is 6.07 Å². The fourth-order valence-electron chi connectivity index (χ4n) is 5.36. The number of likely N-dealkylation sites (tertiary alicyclic amines) is 1. The number of hydrogen-bond donors (Lipinski definition) is 2. The molecule has 1 saturated heterocycles. The molecule has 0 radical (unpaired) electrons. The molecular formula is C29H33Cl2FN2O4. The van der Waals surface area contributed by atoms with E-state index >= 15 is 4.39 Å². The van der Waals surface area contributed by atoms with E-state index in [9.17, 15) is 14.7 Å².